The second-order valence-electron chi connectivity index (χ2n) is 8.68. The minimum Gasteiger partial charge on any atom is -0.387 e. The molecule has 1 aromatic carbocycles. The zero-order valence-corrected chi connectivity index (χ0v) is 18.7. The molecule has 0 radical (unpaired) electrons. The van der Waals surface area contributed by atoms with Gasteiger partial charge in [0.25, 0.3) is 5.91 Å². The maximum Gasteiger partial charge on any atom is 0.252 e. The van der Waals surface area contributed by atoms with Crippen molar-refractivity contribution in [2.45, 2.75) is 69.0 Å². The number of para-hydroxylation sites is 1. The summed E-state index contributed by atoms with van der Waals surface area (Å²) in [6.45, 7) is 0. The Morgan fingerprint density at radius 3 is 2.53 bits per heavy atom. The van der Waals surface area contributed by atoms with E-state index < -0.39 is 36.4 Å². The van der Waals surface area contributed by atoms with Gasteiger partial charge in [0.15, 0.2) is 6.10 Å². The van der Waals surface area contributed by atoms with Crippen molar-refractivity contribution in [3.8, 4) is 0 Å². The molecule has 2 amide bonds. The Balaban J connectivity index is 1.62. The molecule has 1 heterocycles. The average molecular weight is 447 g/mol. The van der Waals surface area contributed by atoms with E-state index in [1.54, 1.807) is 7.05 Å². The molecule has 2 aliphatic rings. The quantitative estimate of drug-likeness (QED) is 0.441. The van der Waals surface area contributed by atoms with Crippen LogP contribution in [0.1, 0.15) is 37.7 Å². The van der Waals surface area contributed by atoms with Crippen molar-refractivity contribution < 1.29 is 29.6 Å². The zero-order chi connectivity index (χ0) is 23.3. The van der Waals surface area contributed by atoms with Gasteiger partial charge in [-0.2, -0.15) is 0 Å². The fourth-order valence-corrected chi connectivity index (χ4v) is 4.53. The van der Waals surface area contributed by atoms with E-state index in [-0.39, 0.29) is 5.91 Å². The number of fused-ring (bicyclic) bond motifs is 1. The molecule has 1 aliphatic heterocycles. The summed E-state index contributed by atoms with van der Waals surface area (Å²) >= 11 is 0. The summed E-state index contributed by atoms with van der Waals surface area (Å²) in [5.41, 5.74) is 1.81. The molecule has 0 spiro atoms. The molecule has 3 rings (SSSR count). The number of carbonyl (C=O) groups excluding carboxylic acids is 2. The molecule has 32 heavy (non-hydrogen) atoms. The number of anilines is 1. The first-order chi connectivity index (χ1) is 15.3. The number of nitrogens with zero attached hydrogens (tertiary/aromatic N) is 1. The second kappa shape index (κ2) is 11.0. The first-order valence-corrected chi connectivity index (χ1v) is 11.2. The van der Waals surface area contributed by atoms with Gasteiger partial charge in [0.2, 0.25) is 5.91 Å². The Morgan fingerprint density at radius 2 is 1.84 bits per heavy atom. The second-order valence-corrected chi connectivity index (χ2v) is 8.68. The smallest absolute Gasteiger partial charge is 0.252 e. The normalized spacial score (nSPS) is 23.5. The molecular weight excluding hydrogens is 412 g/mol. The van der Waals surface area contributed by atoms with Crippen LogP contribution in [-0.2, 0) is 20.7 Å². The lowest BCUT2D eigenvalue weighted by atomic mass is 9.99. The van der Waals surface area contributed by atoms with Crippen molar-refractivity contribution in [3.63, 3.8) is 0 Å². The first-order valence-electron chi connectivity index (χ1n) is 11.2. The van der Waals surface area contributed by atoms with Crippen molar-refractivity contribution >= 4 is 17.5 Å². The number of hydrogen-bond acceptors (Lipinski definition) is 6. The van der Waals surface area contributed by atoms with Crippen LogP contribution in [0.25, 0.3) is 0 Å². The topological polar surface area (TPSA) is 119 Å². The van der Waals surface area contributed by atoms with Crippen LogP contribution in [0.4, 0.5) is 5.69 Å². The zero-order valence-electron chi connectivity index (χ0n) is 18.7. The van der Waals surface area contributed by atoms with Crippen molar-refractivity contribution in [3.05, 3.63) is 42.0 Å². The predicted molar refractivity (Wildman–Crippen MR) is 120 cm³/mol. The van der Waals surface area contributed by atoms with Gasteiger partial charge in [0, 0.05) is 19.8 Å². The van der Waals surface area contributed by atoms with E-state index in [1.807, 2.05) is 30.3 Å². The molecule has 1 aliphatic carbocycles. The van der Waals surface area contributed by atoms with E-state index in [4.69, 9.17) is 4.74 Å². The Kier molecular flexibility index (Phi) is 8.42. The molecule has 0 bridgehead atoms. The molecule has 5 atom stereocenters. The van der Waals surface area contributed by atoms with Crippen LogP contribution in [0.5, 0.6) is 0 Å². The van der Waals surface area contributed by atoms with Crippen LogP contribution >= 0.6 is 0 Å². The molecule has 0 unspecified atom stereocenters. The molecule has 4 N–H and O–H groups in total. The number of allylic oxidation sites excluding steroid dienone is 1. The van der Waals surface area contributed by atoms with E-state index >= 15 is 0 Å². The van der Waals surface area contributed by atoms with Gasteiger partial charge in [-0.3, -0.25) is 9.59 Å². The number of nitrogens with one attached hydrogen (secondary N) is 1. The summed E-state index contributed by atoms with van der Waals surface area (Å²) in [6, 6.07) is 6.76. The highest BCUT2D eigenvalue weighted by atomic mass is 16.5. The number of methoxy groups -OCH3 is 1. The maximum atomic E-state index is 12.9. The number of hydrogen-bond donors (Lipinski definition) is 4. The van der Waals surface area contributed by atoms with Gasteiger partial charge in [-0.25, -0.2) is 0 Å². The maximum absolute atomic E-state index is 12.9. The molecule has 8 nitrogen and oxygen atoms in total. The lowest BCUT2D eigenvalue weighted by Crippen LogP contribution is -2.55. The summed E-state index contributed by atoms with van der Waals surface area (Å²) in [5.74, 6) is -0.630. The first kappa shape index (κ1) is 24.4. The monoisotopic (exact) mass is 446 g/mol. The highest BCUT2D eigenvalue weighted by molar-refractivity contribution is 6.00. The lowest BCUT2D eigenvalue weighted by Gasteiger charge is -2.29. The van der Waals surface area contributed by atoms with E-state index in [0.717, 1.165) is 36.9 Å². The van der Waals surface area contributed by atoms with Crippen molar-refractivity contribution in [2.24, 2.45) is 5.92 Å². The third-order valence-electron chi connectivity index (χ3n) is 6.50. The van der Waals surface area contributed by atoms with Crippen LogP contribution in [-0.4, -0.2) is 71.7 Å². The lowest BCUT2D eigenvalue weighted by molar-refractivity contribution is -0.150. The molecule has 1 saturated carbocycles. The number of carbonyl (C=O) groups is 2. The van der Waals surface area contributed by atoms with Crippen LogP contribution in [0.3, 0.4) is 0 Å². The van der Waals surface area contributed by atoms with Crippen LogP contribution in [0, 0.1) is 5.92 Å². The Bertz CT molecular complexity index is 822. The van der Waals surface area contributed by atoms with Crippen molar-refractivity contribution in [1.29, 1.82) is 0 Å². The SMILES string of the molecule is CO[C@@H](C(=O)N[C@H]1CCc2ccccc2N(C)C1=O)[C@H](O)[C@@H](O)[C@H](O)C=CC1CCCC1. The van der Waals surface area contributed by atoms with Gasteiger partial charge in [0.05, 0.1) is 0 Å². The summed E-state index contributed by atoms with van der Waals surface area (Å²) < 4.78 is 5.14. The Morgan fingerprint density at radius 1 is 1.16 bits per heavy atom. The fraction of sp³-hybridized carbons (Fsp3) is 0.583. The molecule has 8 heteroatoms. The molecular formula is C24H34N2O6. The molecule has 0 saturated heterocycles. The molecule has 1 aromatic rings. The standard InChI is InChI=1S/C24H34N2O6/c1-26-18-10-6-5-9-16(18)12-13-17(24(26)31)25-23(30)22(32-2)21(29)20(28)19(27)14-11-15-7-3-4-8-15/h5-6,9-11,14-15,17,19-22,27-29H,3-4,7-8,12-13H2,1-2H3,(H,25,30)/t17-,19+,20-,21+,22+/m0/s1. The van der Waals surface area contributed by atoms with Gasteiger partial charge in [-0.1, -0.05) is 43.2 Å². The van der Waals surface area contributed by atoms with Crippen LogP contribution in [0.2, 0.25) is 0 Å². The largest absolute Gasteiger partial charge is 0.387 e. The highest BCUT2D eigenvalue weighted by Crippen LogP contribution is 2.27. The van der Waals surface area contributed by atoms with Crippen molar-refractivity contribution in [2.75, 3.05) is 19.1 Å². The number of benzene rings is 1. The average Bonchev–Trinajstić information content (AvgIpc) is 3.29. The minimum absolute atomic E-state index is 0.271. The van der Waals surface area contributed by atoms with Crippen LogP contribution < -0.4 is 10.2 Å². The number of aryl methyl sites for hydroxylation is 1. The third-order valence-corrected chi connectivity index (χ3v) is 6.50. The van der Waals surface area contributed by atoms with Gasteiger partial charge >= 0.3 is 0 Å². The van der Waals surface area contributed by atoms with E-state index in [0.29, 0.717) is 18.8 Å². The number of rotatable bonds is 8. The number of aliphatic hydroxyl groups is 3. The van der Waals surface area contributed by atoms with E-state index in [2.05, 4.69) is 5.32 Å². The van der Waals surface area contributed by atoms with E-state index in [9.17, 15) is 24.9 Å². The molecule has 1 fully saturated rings. The summed E-state index contributed by atoms with van der Waals surface area (Å²) in [4.78, 5) is 27.2. The highest BCUT2D eigenvalue weighted by Gasteiger charge is 2.38. The predicted octanol–water partition coefficient (Wildman–Crippen LogP) is 0.924. The molecule has 176 valence electrons. The Hall–Kier alpha value is -2.26. The third kappa shape index (κ3) is 5.56. The van der Waals surface area contributed by atoms with Gasteiger partial charge in [0.1, 0.15) is 24.4 Å². The minimum atomic E-state index is -1.67. The van der Waals surface area contributed by atoms with Crippen molar-refractivity contribution in [1.82, 2.24) is 5.32 Å². The number of aliphatic hydroxyl groups excluding tert-OH is 3. The summed E-state index contributed by atoms with van der Waals surface area (Å²) in [7, 11) is 2.89. The van der Waals surface area contributed by atoms with Gasteiger partial charge < -0.3 is 30.3 Å². The number of amides is 2. The number of ether oxygens (including phenoxy) is 1. The van der Waals surface area contributed by atoms with Crippen LogP contribution in [0.15, 0.2) is 36.4 Å². The summed E-state index contributed by atoms with van der Waals surface area (Å²) in [6.07, 6.45) is 2.63. The fourth-order valence-electron chi connectivity index (χ4n) is 4.53. The summed E-state index contributed by atoms with van der Waals surface area (Å²) in [5, 5.41) is 33.8. The number of likely N-dealkylation sites (N-methyl/N-ethyl adjacent to an activating group) is 1. The van der Waals surface area contributed by atoms with Gasteiger partial charge in [-0.05, 0) is 43.2 Å². The van der Waals surface area contributed by atoms with Gasteiger partial charge in [-0.15, -0.1) is 0 Å². The van der Waals surface area contributed by atoms with E-state index in [1.165, 1.54) is 18.1 Å². The Labute approximate surface area is 188 Å². The molecule has 0 aromatic heterocycles.